The summed E-state index contributed by atoms with van der Waals surface area (Å²) in [6.07, 6.45) is 4.05. The minimum atomic E-state index is 0.207. The van der Waals surface area contributed by atoms with Gasteiger partial charge in [0.15, 0.2) is 5.78 Å². The quantitative estimate of drug-likeness (QED) is 0.787. The Hall–Kier alpha value is -2.95. The molecule has 1 aromatic carbocycles. The van der Waals surface area contributed by atoms with Crippen molar-refractivity contribution in [3.05, 3.63) is 53.9 Å². The molecule has 0 radical (unpaired) electrons. The average Bonchev–Trinajstić information content (AvgIpc) is 2.90. The van der Waals surface area contributed by atoms with E-state index in [9.17, 15) is 4.79 Å². The standard InChI is InChI=1S/C19H18N4O/c1-23-14-8-5-9-15(24)17(14)16(12-6-3-2-4-7-12)18(23)13-10-11-21-19(20)22-13/h2-4,6-7,10-11H,5,8-9H2,1H3,(H2,20,21,22). The Bertz CT molecular complexity index is 928. The van der Waals surface area contributed by atoms with Gasteiger partial charge in [0, 0.05) is 36.5 Å². The number of nitrogens with two attached hydrogens (primary N) is 1. The van der Waals surface area contributed by atoms with E-state index in [0.29, 0.717) is 6.42 Å². The van der Waals surface area contributed by atoms with E-state index in [1.807, 2.05) is 43.4 Å². The lowest BCUT2D eigenvalue weighted by Gasteiger charge is -2.13. The highest BCUT2D eigenvalue weighted by Crippen LogP contribution is 2.41. The van der Waals surface area contributed by atoms with Crippen LogP contribution in [0.4, 0.5) is 5.95 Å². The summed E-state index contributed by atoms with van der Waals surface area (Å²) < 4.78 is 2.09. The van der Waals surface area contributed by atoms with Gasteiger partial charge in [-0.2, -0.15) is 0 Å². The molecule has 120 valence electrons. The summed E-state index contributed by atoms with van der Waals surface area (Å²) in [4.78, 5) is 21.1. The van der Waals surface area contributed by atoms with E-state index in [0.717, 1.165) is 46.6 Å². The lowest BCUT2D eigenvalue weighted by Crippen LogP contribution is -2.12. The molecule has 0 atom stereocenters. The Morgan fingerprint density at radius 1 is 1.08 bits per heavy atom. The molecular formula is C19H18N4O. The van der Waals surface area contributed by atoms with Crippen LogP contribution in [0.1, 0.15) is 28.9 Å². The van der Waals surface area contributed by atoms with E-state index >= 15 is 0 Å². The predicted molar refractivity (Wildman–Crippen MR) is 93.6 cm³/mol. The van der Waals surface area contributed by atoms with Crippen molar-refractivity contribution in [2.75, 3.05) is 5.73 Å². The number of hydrogen-bond donors (Lipinski definition) is 1. The smallest absolute Gasteiger partial charge is 0.220 e. The SMILES string of the molecule is Cn1c2c(c(-c3ccccc3)c1-c1ccnc(N)n1)C(=O)CCC2. The van der Waals surface area contributed by atoms with E-state index in [-0.39, 0.29) is 11.7 Å². The zero-order chi connectivity index (χ0) is 16.7. The van der Waals surface area contributed by atoms with Crippen LogP contribution in [0.3, 0.4) is 0 Å². The number of fused-ring (bicyclic) bond motifs is 1. The number of benzene rings is 1. The number of carbonyl (C=O) groups is 1. The monoisotopic (exact) mass is 318 g/mol. The predicted octanol–water partition coefficient (Wildman–Crippen LogP) is 3.25. The minimum Gasteiger partial charge on any atom is -0.368 e. The van der Waals surface area contributed by atoms with E-state index in [4.69, 9.17) is 5.73 Å². The second-order valence-electron chi connectivity index (χ2n) is 6.05. The van der Waals surface area contributed by atoms with Crippen molar-refractivity contribution in [2.24, 2.45) is 7.05 Å². The van der Waals surface area contributed by atoms with E-state index in [1.165, 1.54) is 0 Å². The number of aromatic nitrogens is 3. The normalized spacial score (nSPS) is 13.8. The molecule has 0 saturated heterocycles. The van der Waals surface area contributed by atoms with Crippen molar-refractivity contribution in [1.29, 1.82) is 0 Å². The fourth-order valence-electron chi connectivity index (χ4n) is 3.56. The second kappa shape index (κ2) is 5.60. The molecule has 5 heteroatoms. The maximum atomic E-state index is 12.7. The van der Waals surface area contributed by atoms with Gasteiger partial charge in [-0.25, -0.2) is 9.97 Å². The molecule has 24 heavy (non-hydrogen) atoms. The lowest BCUT2D eigenvalue weighted by molar-refractivity contribution is 0.0972. The molecular weight excluding hydrogens is 300 g/mol. The van der Waals surface area contributed by atoms with Crippen LogP contribution in [-0.2, 0) is 13.5 Å². The molecule has 0 aliphatic heterocycles. The molecule has 0 unspecified atom stereocenters. The zero-order valence-electron chi connectivity index (χ0n) is 13.5. The van der Waals surface area contributed by atoms with Crippen molar-refractivity contribution in [2.45, 2.75) is 19.3 Å². The number of Topliss-reactive ketones (excluding diaryl/α,β-unsaturated/α-hetero) is 1. The minimum absolute atomic E-state index is 0.207. The fraction of sp³-hybridized carbons (Fsp3) is 0.211. The van der Waals surface area contributed by atoms with Crippen molar-refractivity contribution in [3.8, 4) is 22.5 Å². The first kappa shape index (κ1) is 14.6. The van der Waals surface area contributed by atoms with Crippen LogP contribution in [0.25, 0.3) is 22.5 Å². The number of ketones is 1. The summed E-state index contributed by atoms with van der Waals surface area (Å²) in [5.74, 6) is 0.441. The zero-order valence-corrected chi connectivity index (χ0v) is 13.5. The lowest BCUT2D eigenvalue weighted by atomic mass is 9.90. The van der Waals surface area contributed by atoms with Crippen molar-refractivity contribution < 1.29 is 4.79 Å². The molecule has 2 N–H and O–H groups in total. The van der Waals surface area contributed by atoms with Crippen molar-refractivity contribution in [3.63, 3.8) is 0 Å². The first-order chi connectivity index (χ1) is 11.7. The molecule has 1 aliphatic carbocycles. The molecule has 2 heterocycles. The fourth-order valence-corrected chi connectivity index (χ4v) is 3.56. The molecule has 0 bridgehead atoms. The largest absolute Gasteiger partial charge is 0.368 e. The van der Waals surface area contributed by atoms with Crippen LogP contribution in [0, 0.1) is 0 Å². The van der Waals surface area contributed by atoms with Gasteiger partial charge in [0.25, 0.3) is 0 Å². The second-order valence-corrected chi connectivity index (χ2v) is 6.05. The van der Waals surface area contributed by atoms with Crippen LogP contribution in [0.5, 0.6) is 0 Å². The number of anilines is 1. The van der Waals surface area contributed by atoms with Gasteiger partial charge in [-0.05, 0) is 24.5 Å². The third-order valence-corrected chi connectivity index (χ3v) is 4.59. The summed E-state index contributed by atoms with van der Waals surface area (Å²) >= 11 is 0. The van der Waals surface area contributed by atoms with Crippen molar-refractivity contribution in [1.82, 2.24) is 14.5 Å². The Balaban J connectivity index is 2.08. The molecule has 0 amide bonds. The number of nitrogens with zero attached hydrogens (tertiary/aromatic N) is 3. The number of rotatable bonds is 2. The molecule has 0 fully saturated rings. The van der Waals surface area contributed by atoms with Crippen LogP contribution in [0.15, 0.2) is 42.6 Å². The molecule has 0 spiro atoms. The van der Waals surface area contributed by atoms with Crippen LogP contribution in [-0.4, -0.2) is 20.3 Å². The Labute approximate surface area is 140 Å². The van der Waals surface area contributed by atoms with Gasteiger partial charge in [-0.15, -0.1) is 0 Å². The van der Waals surface area contributed by atoms with Crippen LogP contribution < -0.4 is 5.73 Å². The van der Waals surface area contributed by atoms with Gasteiger partial charge in [-0.1, -0.05) is 30.3 Å². The summed E-state index contributed by atoms with van der Waals surface area (Å²) in [6.45, 7) is 0. The number of nitrogen functional groups attached to an aromatic ring is 1. The third-order valence-electron chi connectivity index (χ3n) is 4.59. The van der Waals surface area contributed by atoms with Crippen molar-refractivity contribution >= 4 is 11.7 Å². The first-order valence-electron chi connectivity index (χ1n) is 8.06. The highest BCUT2D eigenvalue weighted by Gasteiger charge is 2.30. The maximum absolute atomic E-state index is 12.7. The highest BCUT2D eigenvalue weighted by atomic mass is 16.1. The summed E-state index contributed by atoms with van der Waals surface area (Å²) in [6, 6.07) is 11.9. The van der Waals surface area contributed by atoms with Gasteiger partial charge < -0.3 is 10.3 Å². The topological polar surface area (TPSA) is 73.8 Å². The van der Waals surface area contributed by atoms with E-state index in [1.54, 1.807) is 6.20 Å². The Kier molecular flexibility index (Phi) is 3.41. The van der Waals surface area contributed by atoms with E-state index < -0.39 is 0 Å². The molecule has 5 nitrogen and oxygen atoms in total. The Morgan fingerprint density at radius 2 is 1.88 bits per heavy atom. The third kappa shape index (κ3) is 2.21. The average molecular weight is 318 g/mol. The van der Waals surface area contributed by atoms with Crippen LogP contribution >= 0.6 is 0 Å². The summed E-state index contributed by atoms with van der Waals surface area (Å²) in [5.41, 5.74) is 11.3. The Morgan fingerprint density at radius 3 is 2.62 bits per heavy atom. The van der Waals surface area contributed by atoms with Gasteiger partial charge >= 0.3 is 0 Å². The molecule has 4 rings (SSSR count). The molecule has 0 saturated carbocycles. The summed E-state index contributed by atoms with van der Waals surface area (Å²) in [5, 5.41) is 0. The number of carbonyl (C=O) groups excluding carboxylic acids is 1. The molecule has 3 aromatic rings. The van der Waals surface area contributed by atoms with Gasteiger partial charge in [0.05, 0.1) is 11.4 Å². The van der Waals surface area contributed by atoms with Crippen LogP contribution in [0.2, 0.25) is 0 Å². The first-order valence-corrected chi connectivity index (χ1v) is 8.06. The maximum Gasteiger partial charge on any atom is 0.220 e. The number of hydrogen-bond acceptors (Lipinski definition) is 4. The van der Waals surface area contributed by atoms with Gasteiger partial charge in [-0.3, -0.25) is 4.79 Å². The highest BCUT2D eigenvalue weighted by molar-refractivity contribution is 6.07. The molecule has 1 aliphatic rings. The van der Waals surface area contributed by atoms with Gasteiger partial charge in [0.2, 0.25) is 5.95 Å². The van der Waals surface area contributed by atoms with Gasteiger partial charge in [0.1, 0.15) is 0 Å². The molecule has 2 aromatic heterocycles. The van der Waals surface area contributed by atoms with E-state index in [2.05, 4.69) is 14.5 Å². The summed E-state index contributed by atoms with van der Waals surface area (Å²) in [7, 11) is 2.00.